The number of halogens is 1. The van der Waals surface area contributed by atoms with E-state index >= 15 is 0 Å². The van der Waals surface area contributed by atoms with Gasteiger partial charge >= 0.3 is 5.69 Å². The molecule has 3 nitrogen and oxygen atoms in total. The van der Waals surface area contributed by atoms with Crippen molar-refractivity contribution in [2.75, 3.05) is 0 Å². The Hall–Kier alpha value is -1.42. The molecule has 4 heteroatoms. The van der Waals surface area contributed by atoms with Crippen LogP contribution in [0.4, 0.5) is 0 Å². The molecule has 1 aromatic carbocycles. The maximum atomic E-state index is 11.9. The summed E-state index contributed by atoms with van der Waals surface area (Å²) in [6, 6.07) is 10.3. The van der Waals surface area contributed by atoms with Crippen LogP contribution in [0.2, 0.25) is 0 Å². The van der Waals surface area contributed by atoms with Crippen LogP contribution in [0.25, 0.3) is 0 Å². The normalized spacial score (nSPS) is 10.7. The molecule has 0 aliphatic heterocycles. The second-order valence-electron chi connectivity index (χ2n) is 4.62. The van der Waals surface area contributed by atoms with Gasteiger partial charge in [-0.2, -0.15) is 4.98 Å². The topological polar surface area (TPSA) is 34.9 Å². The molecule has 100 valence electrons. The Kier molecular flexibility index (Phi) is 4.53. The number of rotatable bonds is 4. The Bertz CT molecular complexity index is 620. The van der Waals surface area contributed by atoms with Crippen molar-refractivity contribution in [3.05, 3.63) is 62.2 Å². The molecule has 0 radical (unpaired) electrons. The summed E-state index contributed by atoms with van der Waals surface area (Å²) in [5.41, 5.74) is 2.84. The van der Waals surface area contributed by atoms with Gasteiger partial charge in [-0.15, -0.1) is 0 Å². The van der Waals surface area contributed by atoms with Crippen LogP contribution in [0, 0.1) is 13.8 Å². The molecule has 0 unspecified atom stereocenters. The maximum Gasteiger partial charge on any atom is 0.348 e. The van der Waals surface area contributed by atoms with E-state index in [-0.39, 0.29) is 5.69 Å². The molecule has 0 bridgehead atoms. The molecule has 2 aromatic rings. The highest BCUT2D eigenvalue weighted by Gasteiger charge is 2.08. The molecule has 0 saturated carbocycles. The highest BCUT2D eigenvalue weighted by atomic mass is 79.9. The van der Waals surface area contributed by atoms with Crippen molar-refractivity contribution < 1.29 is 0 Å². The van der Waals surface area contributed by atoms with Crippen LogP contribution in [0.15, 0.2) is 39.6 Å². The monoisotopic (exact) mass is 320 g/mol. The van der Waals surface area contributed by atoms with Gasteiger partial charge in [0.15, 0.2) is 0 Å². The molecule has 0 aliphatic rings. The Morgan fingerprint density at radius 3 is 2.58 bits per heavy atom. The number of aryl methyl sites for hydroxylation is 2. The predicted octanol–water partition coefficient (Wildman–Crippen LogP) is 3.26. The SMILES string of the molecule is Cc1nc(=O)n(CCCc2ccccc2)c(C)c1Br. The van der Waals surface area contributed by atoms with Gasteiger partial charge in [0.2, 0.25) is 0 Å². The third kappa shape index (κ3) is 3.32. The first-order chi connectivity index (χ1) is 9.09. The second kappa shape index (κ2) is 6.15. The van der Waals surface area contributed by atoms with E-state index in [1.807, 2.05) is 32.0 Å². The van der Waals surface area contributed by atoms with Crippen molar-refractivity contribution in [3.8, 4) is 0 Å². The lowest BCUT2D eigenvalue weighted by molar-refractivity contribution is 0.587. The van der Waals surface area contributed by atoms with Gasteiger partial charge in [-0.25, -0.2) is 4.79 Å². The van der Waals surface area contributed by atoms with Crippen LogP contribution >= 0.6 is 15.9 Å². The Morgan fingerprint density at radius 2 is 1.89 bits per heavy atom. The lowest BCUT2D eigenvalue weighted by atomic mass is 10.1. The third-order valence-electron chi connectivity index (χ3n) is 3.22. The summed E-state index contributed by atoms with van der Waals surface area (Å²) in [5.74, 6) is 0. The maximum absolute atomic E-state index is 11.9. The van der Waals surface area contributed by atoms with Gasteiger partial charge in [0.25, 0.3) is 0 Å². The lowest BCUT2D eigenvalue weighted by Crippen LogP contribution is -2.26. The molecule has 2 rings (SSSR count). The summed E-state index contributed by atoms with van der Waals surface area (Å²) in [5, 5.41) is 0. The third-order valence-corrected chi connectivity index (χ3v) is 4.37. The first-order valence-electron chi connectivity index (χ1n) is 6.37. The highest BCUT2D eigenvalue weighted by Crippen LogP contribution is 2.17. The quantitative estimate of drug-likeness (QED) is 0.866. The minimum Gasteiger partial charge on any atom is -0.295 e. The Labute approximate surface area is 121 Å². The zero-order valence-corrected chi connectivity index (χ0v) is 12.8. The Balaban J connectivity index is 2.08. The molecule has 0 amide bonds. The van der Waals surface area contributed by atoms with Crippen molar-refractivity contribution in [3.63, 3.8) is 0 Å². The van der Waals surface area contributed by atoms with E-state index in [4.69, 9.17) is 0 Å². The van der Waals surface area contributed by atoms with E-state index in [1.165, 1.54) is 5.56 Å². The zero-order chi connectivity index (χ0) is 13.8. The summed E-state index contributed by atoms with van der Waals surface area (Å²) < 4.78 is 2.66. The van der Waals surface area contributed by atoms with Crippen molar-refractivity contribution in [2.24, 2.45) is 0 Å². The fraction of sp³-hybridized carbons (Fsp3) is 0.333. The van der Waals surface area contributed by atoms with Crippen molar-refractivity contribution in [1.29, 1.82) is 0 Å². The molecule has 0 aliphatic carbocycles. The lowest BCUT2D eigenvalue weighted by Gasteiger charge is -2.12. The van der Waals surface area contributed by atoms with Gasteiger partial charge in [0.1, 0.15) is 0 Å². The average molecular weight is 321 g/mol. The summed E-state index contributed by atoms with van der Waals surface area (Å²) >= 11 is 3.48. The molecular weight excluding hydrogens is 304 g/mol. The number of hydrogen-bond donors (Lipinski definition) is 0. The molecule has 1 heterocycles. The number of hydrogen-bond acceptors (Lipinski definition) is 2. The molecule has 1 aromatic heterocycles. The van der Waals surface area contributed by atoms with Crippen LogP contribution < -0.4 is 5.69 Å². The van der Waals surface area contributed by atoms with E-state index in [9.17, 15) is 4.79 Å². The molecule has 0 spiro atoms. The highest BCUT2D eigenvalue weighted by molar-refractivity contribution is 9.10. The molecule has 0 saturated heterocycles. The van der Waals surface area contributed by atoms with Crippen LogP contribution in [-0.2, 0) is 13.0 Å². The first kappa shape index (κ1) is 14.0. The minimum atomic E-state index is -0.161. The van der Waals surface area contributed by atoms with Crippen LogP contribution in [0.3, 0.4) is 0 Å². The van der Waals surface area contributed by atoms with Gasteiger partial charge in [0, 0.05) is 12.2 Å². The van der Waals surface area contributed by atoms with Crippen LogP contribution in [0.1, 0.15) is 23.4 Å². The van der Waals surface area contributed by atoms with Gasteiger partial charge < -0.3 is 0 Å². The zero-order valence-electron chi connectivity index (χ0n) is 11.2. The van der Waals surface area contributed by atoms with Crippen molar-refractivity contribution in [2.45, 2.75) is 33.2 Å². The van der Waals surface area contributed by atoms with E-state index in [2.05, 4.69) is 33.0 Å². The fourth-order valence-corrected chi connectivity index (χ4v) is 2.43. The number of benzene rings is 1. The van der Waals surface area contributed by atoms with Gasteiger partial charge in [-0.3, -0.25) is 4.57 Å². The standard InChI is InChI=1S/C15H17BrN2O/c1-11-14(16)12(2)18(15(19)17-11)10-6-9-13-7-4-3-5-8-13/h3-5,7-8H,6,9-10H2,1-2H3. The van der Waals surface area contributed by atoms with E-state index in [0.29, 0.717) is 6.54 Å². The summed E-state index contributed by atoms with van der Waals surface area (Å²) in [7, 11) is 0. The molecule has 0 fully saturated rings. The smallest absolute Gasteiger partial charge is 0.295 e. The summed E-state index contributed by atoms with van der Waals surface area (Å²) in [4.78, 5) is 15.9. The molecule has 0 atom stereocenters. The summed E-state index contributed by atoms with van der Waals surface area (Å²) in [6.45, 7) is 4.49. The number of nitrogens with zero attached hydrogens (tertiary/aromatic N) is 2. The van der Waals surface area contributed by atoms with Crippen molar-refractivity contribution >= 4 is 15.9 Å². The number of aromatic nitrogens is 2. The van der Waals surface area contributed by atoms with E-state index in [1.54, 1.807) is 4.57 Å². The molecule has 19 heavy (non-hydrogen) atoms. The van der Waals surface area contributed by atoms with Crippen molar-refractivity contribution in [1.82, 2.24) is 9.55 Å². The molecule has 0 N–H and O–H groups in total. The minimum absolute atomic E-state index is 0.161. The summed E-state index contributed by atoms with van der Waals surface area (Å²) in [6.07, 6.45) is 1.90. The first-order valence-corrected chi connectivity index (χ1v) is 7.16. The second-order valence-corrected chi connectivity index (χ2v) is 5.41. The van der Waals surface area contributed by atoms with Gasteiger partial charge in [-0.05, 0) is 48.2 Å². The van der Waals surface area contributed by atoms with Gasteiger partial charge in [-0.1, -0.05) is 30.3 Å². The van der Waals surface area contributed by atoms with Crippen LogP contribution in [-0.4, -0.2) is 9.55 Å². The predicted molar refractivity (Wildman–Crippen MR) is 80.4 cm³/mol. The molecular formula is C15H17BrN2O. The average Bonchev–Trinajstić information content (AvgIpc) is 2.41. The Morgan fingerprint density at radius 1 is 1.21 bits per heavy atom. The van der Waals surface area contributed by atoms with Crippen LogP contribution in [0.5, 0.6) is 0 Å². The van der Waals surface area contributed by atoms with E-state index < -0.39 is 0 Å². The fourth-order valence-electron chi connectivity index (χ4n) is 2.13. The largest absolute Gasteiger partial charge is 0.348 e. The van der Waals surface area contributed by atoms with E-state index in [0.717, 1.165) is 28.7 Å². The van der Waals surface area contributed by atoms with Gasteiger partial charge in [0.05, 0.1) is 10.2 Å².